The van der Waals surface area contributed by atoms with Crippen molar-refractivity contribution < 1.29 is 19.2 Å². The normalized spacial score (nSPS) is 11.8. The molecule has 0 aliphatic rings. The molecule has 0 saturated carbocycles. The molecule has 1 N–H and O–H groups in total. The number of nitro benzene ring substituents is 1. The molecule has 7 nitrogen and oxygen atoms in total. The Hall–Kier alpha value is -3.19. The quantitative estimate of drug-likeness (QED) is 0.337. The van der Waals surface area contributed by atoms with Gasteiger partial charge >= 0.3 is 5.97 Å². The number of hydrogen-bond donors (Lipinski definition) is 1. The highest BCUT2D eigenvalue weighted by Crippen LogP contribution is 2.17. The summed E-state index contributed by atoms with van der Waals surface area (Å²) in [7, 11) is 0. The van der Waals surface area contributed by atoms with Crippen LogP contribution in [-0.2, 0) is 14.3 Å². The lowest BCUT2D eigenvalue weighted by atomic mass is 10.1. The molecule has 0 spiro atoms. The maximum atomic E-state index is 11.9. The van der Waals surface area contributed by atoms with Gasteiger partial charge in [-0.05, 0) is 48.4 Å². The fourth-order valence-electron chi connectivity index (χ4n) is 2.20. The second-order valence-electron chi connectivity index (χ2n) is 5.63. The molecule has 0 unspecified atom stereocenters. The molecule has 0 aliphatic heterocycles. The van der Waals surface area contributed by atoms with Crippen LogP contribution < -0.4 is 5.32 Å². The molecule has 2 rings (SSSR count). The van der Waals surface area contributed by atoms with Crippen LogP contribution in [0.2, 0.25) is 5.02 Å². The van der Waals surface area contributed by atoms with E-state index in [9.17, 15) is 19.7 Å². The molecular weight excluding hydrogens is 372 g/mol. The van der Waals surface area contributed by atoms with E-state index >= 15 is 0 Å². The van der Waals surface area contributed by atoms with Crippen LogP contribution in [0.5, 0.6) is 0 Å². The van der Waals surface area contributed by atoms with E-state index in [0.29, 0.717) is 10.6 Å². The number of nitrogens with zero attached hydrogens (tertiary/aromatic N) is 1. The van der Waals surface area contributed by atoms with Gasteiger partial charge in [-0.3, -0.25) is 14.9 Å². The van der Waals surface area contributed by atoms with Gasteiger partial charge in [-0.15, -0.1) is 0 Å². The van der Waals surface area contributed by atoms with Crippen molar-refractivity contribution in [2.45, 2.75) is 13.0 Å². The Kier molecular flexibility index (Phi) is 7.08. The molecule has 140 valence electrons. The lowest BCUT2D eigenvalue weighted by molar-refractivity contribution is -0.384. The molecule has 0 heterocycles. The van der Waals surface area contributed by atoms with Crippen molar-refractivity contribution in [1.29, 1.82) is 0 Å². The highest BCUT2D eigenvalue weighted by molar-refractivity contribution is 6.30. The Morgan fingerprint density at radius 3 is 2.59 bits per heavy atom. The van der Waals surface area contributed by atoms with E-state index < -0.39 is 23.4 Å². The number of non-ortho nitro benzene ring substituents is 1. The predicted octanol–water partition coefficient (Wildman–Crippen LogP) is 3.68. The SMILES string of the molecule is C[C@H](NC(=O)COC(=O)/C=C/c1ccc([N+](=O)[O-])cc1)c1cccc(Cl)c1. The third-order valence-electron chi connectivity index (χ3n) is 3.59. The van der Waals surface area contributed by atoms with E-state index in [4.69, 9.17) is 16.3 Å². The van der Waals surface area contributed by atoms with Gasteiger partial charge in [0.25, 0.3) is 11.6 Å². The Morgan fingerprint density at radius 1 is 1.26 bits per heavy atom. The first-order valence-electron chi connectivity index (χ1n) is 7.99. The van der Waals surface area contributed by atoms with Crippen molar-refractivity contribution >= 4 is 35.2 Å². The Morgan fingerprint density at radius 2 is 1.96 bits per heavy atom. The zero-order chi connectivity index (χ0) is 19.8. The number of benzene rings is 2. The number of esters is 1. The van der Waals surface area contributed by atoms with Crippen molar-refractivity contribution in [3.63, 3.8) is 0 Å². The molecule has 2 aromatic carbocycles. The number of hydrogen-bond acceptors (Lipinski definition) is 5. The number of ether oxygens (including phenoxy) is 1. The topological polar surface area (TPSA) is 98.5 Å². The second-order valence-corrected chi connectivity index (χ2v) is 6.07. The van der Waals surface area contributed by atoms with Crippen molar-refractivity contribution in [2.75, 3.05) is 6.61 Å². The molecule has 0 saturated heterocycles. The molecule has 0 fully saturated rings. The minimum absolute atomic E-state index is 0.0415. The van der Waals surface area contributed by atoms with Crippen molar-refractivity contribution in [3.8, 4) is 0 Å². The number of nitrogens with one attached hydrogen (secondary N) is 1. The smallest absolute Gasteiger partial charge is 0.331 e. The fraction of sp³-hybridized carbons (Fsp3) is 0.158. The lowest BCUT2D eigenvalue weighted by Gasteiger charge is -2.14. The zero-order valence-corrected chi connectivity index (χ0v) is 15.2. The Bertz CT molecular complexity index is 865. The minimum Gasteiger partial charge on any atom is -0.452 e. The summed E-state index contributed by atoms with van der Waals surface area (Å²) in [6.07, 6.45) is 2.59. The van der Waals surface area contributed by atoms with E-state index in [0.717, 1.165) is 11.6 Å². The van der Waals surface area contributed by atoms with Gasteiger partial charge in [-0.2, -0.15) is 0 Å². The number of carbonyl (C=O) groups is 2. The van der Waals surface area contributed by atoms with Gasteiger partial charge < -0.3 is 10.1 Å². The van der Waals surface area contributed by atoms with Crippen LogP contribution in [0, 0.1) is 10.1 Å². The molecule has 1 amide bonds. The highest BCUT2D eigenvalue weighted by atomic mass is 35.5. The summed E-state index contributed by atoms with van der Waals surface area (Å²) in [4.78, 5) is 33.6. The van der Waals surface area contributed by atoms with Gasteiger partial charge in [0.05, 0.1) is 11.0 Å². The first kappa shape index (κ1) is 20.1. The van der Waals surface area contributed by atoms with Crippen LogP contribution in [0.1, 0.15) is 24.1 Å². The maximum absolute atomic E-state index is 11.9. The summed E-state index contributed by atoms with van der Waals surface area (Å²) >= 11 is 5.91. The van der Waals surface area contributed by atoms with Gasteiger partial charge in [-0.25, -0.2) is 4.79 Å². The standard InChI is InChI=1S/C19H17ClN2O5/c1-13(15-3-2-4-16(20)11-15)21-18(23)12-27-19(24)10-7-14-5-8-17(9-6-14)22(25)26/h2-11,13H,12H2,1H3,(H,21,23)/b10-7+/t13-/m0/s1. The molecule has 2 aromatic rings. The summed E-state index contributed by atoms with van der Waals surface area (Å²) in [6.45, 7) is 1.37. The molecule has 0 aromatic heterocycles. The first-order chi connectivity index (χ1) is 12.8. The van der Waals surface area contributed by atoms with Gasteiger partial charge in [0.1, 0.15) is 0 Å². The minimum atomic E-state index is -0.695. The van der Waals surface area contributed by atoms with E-state index in [2.05, 4.69) is 5.32 Å². The van der Waals surface area contributed by atoms with Crippen LogP contribution in [0.25, 0.3) is 6.08 Å². The predicted molar refractivity (Wildman–Crippen MR) is 101 cm³/mol. The second kappa shape index (κ2) is 9.49. The summed E-state index contributed by atoms with van der Waals surface area (Å²) in [5.41, 5.74) is 1.39. The number of amides is 1. The van der Waals surface area contributed by atoms with Crippen LogP contribution in [0.4, 0.5) is 5.69 Å². The Balaban J connectivity index is 1.80. The largest absolute Gasteiger partial charge is 0.452 e. The summed E-state index contributed by atoms with van der Waals surface area (Å²) in [6, 6.07) is 12.5. The molecule has 27 heavy (non-hydrogen) atoms. The highest BCUT2D eigenvalue weighted by Gasteiger charge is 2.11. The monoisotopic (exact) mass is 388 g/mol. The van der Waals surface area contributed by atoms with Gasteiger partial charge in [0.15, 0.2) is 6.61 Å². The Labute approximate surface area is 160 Å². The molecule has 0 bridgehead atoms. The number of nitro groups is 1. The van der Waals surface area contributed by atoms with E-state index in [1.54, 1.807) is 25.1 Å². The van der Waals surface area contributed by atoms with Crippen LogP contribution >= 0.6 is 11.6 Å². The molecule has 0 radical (unpaired) electrons. The van der Waals surface area contributed by atoms with Crippen LogP contribution in [-0.4, -0.2) is 23.4 Å². The van der Waals surface area contributed by atoms with Crippen LogP contribution in [0.3, 0.4) is 0 Å². The summed E-state index contributed by atoms with van der Waals surface area (Å²) < 4.78 is 4.88. The molecular formula is C19H17ClN2O5. The molecule has 1 atom stereocenters. The summed E-state index contributed by atoms with van der Waals surface area (Å²) in [5.74, 6) is -1.14. The lowest BCUT2D eigenvalue weighted by Crippen LogP contribution is -2.30. The molecule has 0 aliphatic carbocycles. The van der Waals surface area contributed by atoms with E-state index in [1.165, 1.54) is 30.3 Å². The number of carbonyl (C=O) groups excluding carboxylic acids is 2. The summed E-state index contributed by atoms with van der Waals surface area (Å²) in [5, 5.41) is 13.9. The van der Waals surface area contributed by atoms with Crippen molar-refractivity contribution in [3.05, 3.63) is 80.9 Å². The van der Waals surface area contributed by atoms with Crippen molar-refractivity contribution in [2.24, 2.45) is 0 Å². The average molecular weight is 389 g/mol. The molecule has 8 heteroatoms. The number of rotatable bonds is 7. The fourth-order valence-corrected chi connectivity index (χ4v) is 2.40. The van der Waals surface area contributed by atoms with Gasteiger partial charge in [-0.1, -0.05) is 23.7 Å². The third-order valence-corrected chi connectivity index (χ3v) is 3.82. The van der Waals surface area contributed by atoms with Crippen molar-refractivity contribution in [1.82, 2.24) is 5.32 Å². The van der Waals surface area contributed by atoms with Crippen LogP contribution in [0.15, 0.2) is 54.6 Å². The van der Waals surface area contributed by atoms with E-state index in [1.807, 2.05) is 6.07 Å². The van der Waals surface area contributed by atoms with Gasteiger partial charge in [0, 0.05) is 23.2 Å². The van der Waals surface area contributed by atoms with Gasteiger partial charge in [0.2, 0.25) is 0 Å². The first-order valence-corrected chi connectivity index (χ1v) is 8.37. The van der Waals surface area contributed by atoms with E-state index in [-0.39, 0.29) is 11.7 Å². The zero-order valence-electron chi connectivity index (χ0n) is 14.4. The maximum Gasteiger partial charge on any atom is 0.331 e. The number of halogens is 1. The average Bonchev–Trinajstić information content (AvgIpc) is 2.65. The third kappa shape index (κ3) is 6.56.